The first-order valence-electron chi connectivity index (χ1n) is 9.54. The summed E-state index contributed by atoms with van der Waals surface area (Å²) in [5.41, 5.74) is 2.07. The molecule has 0 aliphatic carbocycles. The maximum atomic E-state index is 11.7. The fourth-order valence-corrected chi connectivity index (χ4v) is 2.97. The van der Waals surface area contributed by atoms with Crippen molar-refractivity contribution in [3.8, 4) is 0 Å². The second kappa shape index (κ2) is 16.6. The zero-order chi connectivity index (χ0) is 22.9. The van der Waals surface area contributed by atoms with Gasteiger partial charge in [0.05, 0.1) is 26.2 Å². The van der Waals surface area contributed by atoms with Crippen LogP contribution >= 0.6 is 0 Å². The lowest BCUT2D eigenvalue weighted by molar-refractivity contribution is -0.139. The van der Waals surface area contributed by atoms with E-state index in [0.717, 1.165) is 13.4 Å². The fraction of sp³-hybridized carbons (Fsp3) is 0.765. The molecule has 0 saturated carbocycles. The molecule has 1 aliphatic heterocycles. The molecule has 0 aromatic heterocycles. The third-order valence-electron chi connectivity index (χ3n) is 4.51. The van der Waals surface area contributed by atoms with Gasteiger partial charge in [0, 0.05) is 59.5 Å². The minimum Gasteiger partial charge on any atom is -0.480 e. The quantitative estimate of drug-likeness (QED) is 0.109. The first kappa shape index (κ1) is 27.8. The number of carboxylic acid groups (broad SMARTS) is 2. The molecule has 1 saturated heterocycles. The van der Waals surface area contributed by atoms with Crippen molar-refractivity contribution in [1.82, 2.24) is 25.0 Å². The Morgan fingerprint density at radius 2 is 1.10 bits per heavy atom. The molecule has 30 heavy (non-hydrogen) atoms. The fourth-order valence-electron chi connectivity index (χ4n) is 2.97. The normalized spacial score (nSPS) is 18.2. The topological polar surface area (TPSA) is 180 Å². The monoisotopic (exact) mass is 434 g/mol. The van der Waals surface area contributed by atoms with E-state index in [4.69, 9.17) is 21.2 Å². The van der Waals surface area contributed by atoms with Crippen LogP contribution in [-0.4, -0.2) is 145 Å². The molecule has 1 fully saturated rings. The molecule has 174 valence electrons. The molecule has 0 unspecified atom stereocenters. The minimum absolute atomic E-state index is 0.0373. The van der Waals surface area contributed by atoms with Gasteiger partial charge in [0.25, 0.3) is 0 Å². The number of hydrogen-bond donors (Lipinski definition) is 5. The number of rotatable bonds is 8. The predicted octanol–water partition coefficient (Wildman–Crippen LogP) is -3.83. The van der Waals surface area contributed by atoms with E-state index in [1.54, 1.807) is 9.80 Å². The van der Waals surface area contributed by atoms with E-state index in [0.29, 0.717) is 52.4 Å². The molecule has 1 amide bonds. The van der Waals surface area contributed by atoms with Gasteiger partial charge in [0.1, 0.15) is 6.29 Å². The Morgan fingerprint density at radius 1 is 0.767 bits per heavy atom. The largest absolute Gasteiger partial charge is 0.480 e. The maximum Gasteiger partial charge on any atom is 0.317 e. The number of carbonyl (C=O) groups is 4. The van der Waals surface area contributed by atoms with Gasteiger partial charge < -0.3 is 20.1 Å². The number of nitrogens with two attached hydrogens (primary N) is 1. The van der Waals surface area contributed by atoms with Crippen LogP contribution in [0.15, 0.2) is 0 Å². The van der Waals surface area contributed by atoms with Gasteiger partial charge in [-0.05, 0) is 0 Å². The summed E-state index contributed by atoms with van der Waals surface area (Å²) in [6, 6.07) is 0. The lowest BCUT2D eigenvalue weighted by Crippen LogP contribution is -2.50. The van der Waals surface area contributed by atoms with Crippen molar-refractivity contribution in [2.75, 3.05) is 85.6 Å². The van der Waals surface area contributed by atoms with E-state index < -0.39 is 11.9 Å². The highest BCUT2D eigenvalue weighted by Crippen LogP contribution is 2.01. The summed E-state index contributed by atoms with van der Waals surface area (Å²) in [7, 11) is 1.00. The summed E-state index contributed by atoms with van der Waals surface area (Å²) in [6.07, 6.45) is 0.780. The third kappa shape index (κ3) is 13.1. The maximum absolute atomic E-state index is 11.7. The molecule has 0 bridgehead atoms. The number of aliphatic hydroxyl groups excluding tert-OH is 1. The molecule has 13 nitrogen and oxygen atoms in total. The molecule has 1 heterocycles. The lowest BCUT2D eigenvalue weighted by atomic mass is 10.3. The zero-order valence-electron chi connectivity index (χ0n) is 17.4. The summed E-state index contributed by atoms with van der Waals surface area (Å²) in [5, 5.41) is 25.2. The smallest absolute Gasteiger partial charge is 0.317 e. The van der Waals surface area contributed by atoms with Crippen LogP contribution in [0.25, 0.3) is 0 Å². The Hall–Kier alpha value is -2.16. The lowest BCUT2D eigenvalue weighted by Gasteiger charge is -2.32. The molecule has 0 radical (unpaired) electrons. The van der Waals surface area contributed by atoms with Crippen molar-refractivity contribution < 1.29 is 34.5 Å². The van der Waals surface area contributed by atoms with Gasteiger partial charge in [-0.15, -0.1) is 0 Å². The Bertz CT molecular complexity index is 505. The van der Waals surface area contributed by atoms with E-state index in [2.05, 4.69) is 5.43 Å². The summed E-state index contributed by atoms with van der Waals surface area (Å²) in [4.78, 5) is 52.0. The predicted molar refractivity (Wildman–Crippen MR) is 108 cm³/mol. The number of hydrazine groups is 1. The van der Waals surface area contributed by atoms with Crippen molar-refractivity contribution in [2.24, 2.45) is 5.84 Å². The Labute approximate surface area is 176 Å². The van der Waals surface area contributed by atoms with E-state index in [1.165, 1.54) is 0 Å². The van der Waals surface area contributed by atoms with Gasteiger partial charge in [-0.25, -0.2) is 5.84 Å². The molecule has 13 heteroatoms. The molecular formula is C17H34N6O7. The summed E-state index contributed by atoms with van der Waals surface area (Å²) in [5.74, 6) is 2.88. The highest BCUT2D eigenvalue weighted by molar-refractivity contribution is 5.77. The van der Waals surface area contributed by atoms with Crippen LogP contribution in [-0.2, 0) is 19.2 Å². The number of aliphatic carboxylic acids is 2. The summed E-state index contributed by atoms with van der Waals surface area (Å²) < 4.78 is 0. The van der Waals surface area contributed by atoms with E-state index in [9.17, 15) is 19.2 Å². The molecule has 1 rings (SSSR count). The van der Waals surface area contributed by atoms with Crippen LogP contribution in [0.1, 0.15) is 0 Å². The minimum atomic E-state index is -0.951. The highest BCUT2D eigenvalue weighted by atomic mass is 16.4. The number of nitrogens with zero attached hydrogens (tertiary/aromatic N) is 4. The first-order chi connectivity index (χ1) is 14.3. The Morgan fingerprint density at radius 3 is 1.40 bits per heavy atom. The van der Waals surface area contributed by atoms with E-state index in [-0.39, 0.29) is 32.1 Å². The number of nitrogens with one attached hydrogen (secondary N) is 1. The average Bonchev–Trinajstić information content (AvgIpc) is 2.70. The molecule has 0 atom stereocenters. The van der Waals surface area contributed by atoms with Crippen molar-refractivity contribution in [3.63, 3.8) is 0 Å². The zero-order valence-corrected chi connectivity index (χ0v) is 17.4. The van der Waals surface area contributed by atoms with Crippen LogP contribution < -0.4 is 11.3 Å². The van der Waals surface area contributed by atoms with Crippen molar-refractivity contribution in [2.45, 2.75) is 0 Å². The van der Waals surface area contributed by atoms with Gasteiger partial charge in [0.15, 0.2) is 0 Å². The average molecular weight is 434 g/mol. The van der Waals surface area contributed by atoms with E-state index >= 15 is 0 Å². The molecule has 0 spiro atoms. The van der Waals surface area contributed by atoms with Crippen LogP contribution in [0.2, 0.25) is 0 Å². The second-order valence-corrected chi connectivity index (χ2v) is 6.65. The standard InChI is InChI=1S/C16H30N6O6.CH4O/c17-18-14(24)11-20-5-7-21(12-15(25)26)3-1-19(9-10-23)2-4-22(8-6-20)13-16(27)28;1-2/h10H,1-9,11-13,17H2,(H,18,24)(H,25,26)(H,27,28);2H,1H3. The first-order valence-corrected chi connectivity index (χ1v) is 9.54. The number of carbonyl (C=O) groups excluding carboxylic acids is 2. The number of amides is 1. The molecule has 1 aliphatic rings. The third-order valence-corrected chi connectivity index (χ3v) is 4.51. The molecule has 6 N–H and O–H groups in total. The molecular weight excluding hydrogens is 400 g/mol. The van der Waals surface area contributed by atoms with Crippen molar-refractivity contribution in [3.05, 3.63) is 0 Å². The second-order valence-electron chi connectivity index (χ2n) is 6.65. The number of hydrogen-bond acceptors (Lipinski definition) is 10. The number of carboxylic acids is 2. The van der Waals surface area contributed by atoms with Crippen LogP contribution in [0.4, 0.5) is 0 Å². The number of aldehydes is 1. The summed E-state index contributed by atoms with van der Waals surface area (Å²) in [6.45, 7) is 3.48. The van der Waals surface area contributed by atoms with Crippen LogP contribution in [0, 0.1) is 0 Å². The van der Waals surface area contributed by atoms with Gasteiger partial charge in [0.2, 0.25) is 5.91 Å². The Balaban J connectivity index is 0.00000407. The number of aliphatic hydroxyl groups is 1. The van der Waals surface area contributed by atoms with Gasteiger partial charge in [-0.1, -0.05) is 0 Å². The van der Waals surface area contributed by atoms with Crippen LogP contribution in [0.5, 0.6) is 0 Å². The van der Waals surface area contributed by atoms with Gasteiger partial charge >= 0.3 is 11.9 Å². The van der Waals surface area contributed by atoms with E-state index in [1.807, 2.05) is 9.80 Å². The summed E-state index contributed by atoms with van der Waals surface area (Å²) >= 11 is 0. The molecule has 0 aromatic rings. The Kier molecular flexibility index (Phi) is 15.4. The van der Waals surface area contributed by atoms with Crippen molar-refractivity contribution >= 4 is 24.1 Å². The van der Waals surface area contributed by atoms with Crippen molar-refractivity contribution in [1.29, 1.82) is 0 Å². The van der Waals surface area contributed by atoms with Gasteiger partial charge in [-0.3, -0.25) is 39.4 Å². The van der Waals surface area contributed by atoms with Crippen LogP contribution in [0.3, 0.4) is 0 Å². The highest BCUT2D eigenvalue weighted by Gasteiger charge is 2.19. The van der Waals surface area contributed by atoms with Gasteiger partial charge in [-0.2, -0.15) is 0 Å². The molecule has 0 aromatic carbocycles. The SMILES string of the molecule is CO.NNC(=O)CN1CCN(CC(=O)O)CCN(CC=O)CCN(CC(=O)O)CC1.